The second-order valence-corrected chi connectivity index (χ2v) is 10.3. The number of carbonyl (C=O) groups excluding carboxylic acids is 1. The van der Waals surface area contributed by atoms with Gasteiger partial charge in [-0.2, -0.15) is 0 Å². The molecule has 3 aromatic rings. The summed E-state index contributed by atoms with van der Waals surface area (Å²) in [6, 6.07) is 4.36. The minimum absolute atomic E-state index is 0.0639. The number of nitrogens with one attached hydrogen (secondary N) is 3. The van der Waals surface area contributed by atoms with E-state index in [9.17, 15) is 9.18 Å². The molecule has 36 heavy (non-hydrogen) atoms. The Morgan fingerprint density at radius 3 is 2.86 bits per heavy atom. The number of aromatic nitrogens is 3. The molecule has 3 heterocycles. The SMILES string of the molecule is CO[C@@H]1CCC[C@H](Oc2cc(F)ccc2Nc2ncnc3sc(C(=O)NCC4CCNCC4)nc23)C1. The van der Waals surface area contributed by atoms with E-state index in [1.54, 1.807) is 13.2 Å². The van der Waals surface area contributed by atoms with Gasteiger partial charge >= 0.3 is 0 Å². The maximum Gasteiger partial charge on any atom is 0.280 e. The van der Waals surface area contributed by atoms with E-state index in [2.05, 4.69) is 30.9 Å². The standard InChI is InChI=1S/C25H31FN6O3S/c1-34-17-3-2-4-18(12-17)35-20-11-16(26)5-6-19(20)31-22-21-24(30-14-29-22)36-25(32-21)23(33)28-13-15-7-9-27-10-8-15/h5-6,11,14-15,17-18,27H,2-4,7-10,12-13H2,1H3,(H,28,33)(H,29,30,31)/t17-,18+/m1/s1. The van der Waals surface area contributed by atoms with Crippen molar-refractivity contribution in [1.82, 2.24) is 25.6 Å². The van der Waals surface area contributed by atoms with Crippen LogP contribution in [0.2, 0.25) is 0 Å². The molecule has 2 aliphatic rings. The fraction of sp³-hybridized carbons (Fsp3) is 0.520. The number of rotatable bonds is 8. The van der Waals surface area contributed by atoms with E-state index in [1.807, 2.05) is 0 Å². The average molecular weight is 515 g/mol. The molecule has 0 unspecified atom stereocenters. The van der Waals surface area contributed by atoms with Gasteiger partial charge in [0.25, 0.3) is 5.91 Å². The van der Waals surface area contributed by atoms with Crippen molar-refractivity contribution >= 4 is 39.1 Å². The summed E-state index contributed by atoms with van der Waals surface area (Å²) in [5, 5.41) is 9.90. The zero-order valence-corrected chi connectivity index (χ0v) is 21.1. The molecule has 2 atom stereocenters. The summed E-state index contributed by atoms with van der Waals surface area (Å²) in [5.41, 5.74) is 1.06. The zero-order valence-electron chi connectivity index (χ0n) is 20.3. The number of halogens is 1. The lowest BCUT2D eigenvalue weighted by Gasteiger charge is -2.29. The topological polar surface area (TPSA) is 110 Å². The van der Waals surface area contributed by atoms with Gasteiger partial charge in [0.1, 0.15) is 34.3 Å². The number of amides is 1. The van der Waals surface area contributed by atoms with Crippen molar-refractivity contribution in [1.29, 1.82) is 0 Å². The van der Waals surface area contributed by atoms with Gasteiger partial charge in [-0.15, -0.1) is 0 Å². The highest BCUT2D eigenvalue weighted by Gasteiger charge is 2.25. The van der Waals surface area contributed by atoms with Crippen molar-refractivity contribution in [3.05, 3.63) is 35.4 Å². The maximum absolute atomic E-state index is 14.1. The van der Waals surface area contributed by atoms with Crippen LogP contribution in [0.4, 0.5) is 15.9 Å². The van der Waals surface area contributed by atoms with Crippen molar-refractivity contribution in [2.45, 2.75) is 50.7 Å². The zero-order chi connectivity index (χ0) is 24.9. The molecule has 1 aliphatic heterocycles. The molecular formula is C25H31FN6O3S. The molecule has 1 aliphatic carbocycles. The number of nitrogens with zero attached hydrogens (tertiary/aromatic N) is 3. The Morgan fingerprint density at radius 1 is 1.19 bits per heavy atom. The molecule has 192 valence electrons. The first-order valence-electron chi connectivity index (χ1n) is 12.5. The van der Waals surface area contributed by atoms with Crippen molar-refractivity contribution in [2.75, 3.05) is 32.1 Å². The Bertz CT molecular complexity index is 1200. The minimum Gasteiger partial charge on any atom is -0.488 e. The van der Waals surface area contributed by atoms with Crippen LogP contribution in [0.25, 0.3) is 10.3 Å². The highest BCUT2D eigenvalue weighted by atomic mass is 32.1. The third kappa shape index (κ3) is 5.91. The summed E-state index contributed by atoms with van der Waals surface area (Å²) in [7, 11) is 1.71. The summed E-state index contributed by atoms with van der Waals surface area (Å²) >= 11 is 1.22. The molecule has 1 aromatic carbocycles. The van der Waals surface area contributed by atoms with Gasteiger partial charge in [0.05, 0.1) is 11.8 Å². The Kier molecular flexibility index (Phi) is 7.88. The van der Waals surface area contributed by atoms with Gasteiger partial charge in [-0.3, -0.25) is 4.79 Å². The van der Waals surface area contributed by atoms with Crippen LogP contribution in [0.1, 0.15) is 48.3 Å². The largest absolute Gasteiger partial charge is 0.488 e. The molecule has 5 rings (SSSR count). The Morgan fingerprint density at radius 2 is 2.03 bits per heavy atom. The second-order valence-electron chi connectivity index (χ2n) is 9.33. The summed E-state index contributed by atoms with van der Waals surface area (Å²) < 4.78 is 25.8. The maximum atomic E-state index is 14.1. The van der Waals surface area contributed by atoms with E-state index in [4.69, 9.17) is 9.47 Å². The quantitative estimate of drug-likeness (QED) is 0.413. The Labute approximate surface area is 213 Å². The van der Waals surface area contributed by atoms with Crippen molar-refractivity contribution in [3.63, 3.8) is 0 Å². The van der Waals surface area contributed by atoms with Gasteiger partial charge in [0.15, 0.2) is 10.8 Å². The summed E-state index contributed by atoms with van der Waals surface area (Å²) in [4.78, 5) is 26.5. The fourth-order valence-electron chi connectivity index (χ4n) is 4.77. The highest BCUT2D eigenvalue weighted by molar-refractivity contribution is 7.19. The number of carbonyl (C=O) groups is 1. The smallest absolute Gasteiger partial charge is 0.280 e. The van der Waals surface area contributed by atoms with Crippen LogP contribution in [0, 0.1) is 11.7 Å². The fourth-order valence-corrected chi connectivity index (χ4v) is 5.59. The number of benzene rings is 1. The predicted molar refractivity (Wildman–Crippen MR) is 137 cm³/mol. The first-order valence-corrected chi connectivity index (χ1v) is 13.3. The van der Waals surface area contributed by atoms with E-state index >= 15 is 0 Å². The predicted octanol–water partition coefficient (Wildman–Crippen LogP) is 4.03. The molecule has 3 N–H and O–H groups in total. The molecule has 0 radical (unpaired) electrons. The summed E-state index contributed by atoms with van der Waals surface area (Å²) in [5.74, 6) is 0.714. The van der Waals surface area contributed by atoms with Crippen LogP contribution in [-0.4, -0.2) is 59.8 Å². The summed E-state index contributed by atoms with van der Waals surface area (Å²) in [6.45, 7) is 2.60. The van der Waals surface area contributed by atoms with E-state index < -0.39 is 0 Å². The molecule has 0 spiro atoms. The monoisotopic (exact) mass is 514 g/mol. The van der Waals surface area contributed by atoms with Crippen LogP contribution in [-0.2, 0) is 4.74 Å². The Hall–Kier alpha value is -2.89. The number of fused-ring (bicyclic) bond motifs is 1. The molecule has 2 aromatic heterocycles. The van der Waals surface area contributed by atoms with Crippen LogP contribution in [0.5, 0.6) is 5.75 Å². The number of hydrogen-bond donors (Lipinski definition) is 3. The van der Waals surface area contributed by atoms with Crippen molar-refractivity contribution in [2.24, 2.45) is 5.92 Å². The summed E-state index contributed by atoms with van der Waals surface area (Å²) in [6.07, 6.45) is 7.24. The minimum atomic E-state index is -0.385. The van der Waals surface area contributed by atoms with E-state index in [-0.39, 0.29) is 23.9 Å². The third-order valence-corrected chi connectivity index (χ3v) is 7.76. The molecule has 2 fully saturated rings. The molecule has 9 nitrogen and oxygen atoms in total. The van der Waals surface area contributed by atoms with Crippen molar-refractivity contribution < 1.29 is 18.7 Å². The highest BCUT2D eigenvalue weighted by Crippen LogP contribution is 2.34. The molecule has 1 saturated heterocycles. The molecule has 1 saturated carbocycles. The lowest BCUT2D eigenvalue weighted by atomic mass is 9.95. The van der Waals surface area contributed by atoms with Crippen LogP contribution < -0.4 is 20.7 Å². The normalized spacial score (nSPS) is 20.8. The third-order valence-electron chi connectivity index (χ3n) is 6.80. The number of ether oxygens (including phenoxy) is 2. The van der Waals surface area contributed by atoms with Gasteiger partial charge in [-0.05, 0) is 63.2 Å². The average Bonchev–Trinajstić information content (AvgIpc) is 3.35. The van der Waals surface area contributed by atoms with Crippen molar-refractivity contribution in [3.8, 4) is 5.75 Å². The molecular weight excluding hydrogens is 483 g/mol. The number of hydrogen-bond acceptors (Lipinski definition) is 9. The van der Waals surface area contributed by atoms with Crippen LogP contribution >= 0.6 is 11.3 Å². The lowest BCUT2D eigenvalue weighted by Crippen LogP contribution is -2.35. The number of thiazole rings is 1. The van der Waals surface area contributed by atoms with Crippen LogP contribution in [0.15, 0.2) is 24.5 Å². The van der Waals surface area contributed by atoms with Gasteiger partial charge < -0.3 is 25.4 Å². The molecule has 0 bridgehead atoms. The van der Waals surface area contributed by atoms with E-state index in [0.29, 0.717) is 45.1 Å². The van der Waals surface area contributed by atoms with Gasteiger partial charge in [0.2, 0.25) is 0 Å². The van der Waals surface area contributed by atoms with Crippen LogP contribution in [0.3, 0.4) is 0 Å². The first-order chi connectivity index (χ1) is 17.6. The number of piperidine rings is 1. The van der Waals surface area contributed by atoms with Gasteiger partial charge in [0, 0.05) is 26.1 Å². The first kappa shape index (κ1) is 24.8. The van der Waals surface area contributed by atoms with E-state index in [1.165, 1.54) is 29.8 Å². The molecule has 11 heteroatoms. The Balaban J connectivity index is 1.32. The van der Waals surface area contributed by atoms with Gasteiger partial charge in [-0.1, -0.05) is 11.3 Å². The lowest BCUT2D eigenvalue weighted by molar-refractivity contribution is 0.0211. The van der Waals surface area contributed by atoms with E-state index in [0.717, 1.165) is 51.6 Å². The number of methoxy groups -OCH3 is 1. The molecule has 1 amide bonds. The number of anilines is 2. The second kappa shape index (κ2) is 11.4. The van der Waals surface area contributed by atoms with Gasteiger partial charge in [-0.25, -0.2) is 19.3 Å².